The Morgan fingerprint density at radius 1 is 1.24 bits per heavy atom. The van der Waals surface area contributed by atoms with E-state index < -0.39 is 6.04 Å². The molecule has 1 unspecified atom stereocenters. The van der Waals surface area contributed by atoms with Gasteiger partial charge in [0.05, 0.1) is 5.02 Å². The highest BCUT2D eigenvalue weighted by atomic mass is 35.5. The highest BCUT2D eigenvalue weighted by Gasteiger charge is 2.21. The predicted octanol–water partition coefficient (Wildman–Crippen LogP) is 4.09. The average Bonchev–Trinajstić information content (AvgIpc) is 2.87. The third-order valence-electron chi connectivity index (χ3n) is 3.43. The Morgan fingerprint density at radius 3 is 2.71 bits per heavy atom. The van der Waals surface area contributed by atoms with Gasteiger partial charge in [-0.2, -0.15) is 0 Å². The molecule has 3 N–H and O–H groups in total. The minimum atomic E-state index is -0.575. The predicted molar refractivity (Wildman–Crippen MR) is 81.5 cm³/mol. The second kappa shape index (κ2) is 5.48. The molecule has 3 aromatic rings. The highest BCUT2D eigenvalue weighted by molar-refractivity contribution is 6.34. The number of benzene rings is 2. The standard InChI is InChI=1S/C16H14ClFN2O/c1-9-5-6-11(13(18)7-9)15(20-19)14-8-10-3-2-4-12(17)16(10)21-14/h2-8,15,20H,19H2,1H3. The maximum Gasteiger partial charge on any atom is 0.152 e. The van der Waals surface area contributed by atoms with Gasteiger partial charge < -0.3 is 4.42 Å². The summed E-state index contributed by atoms with van der Waals surface area (Å²) in [4.78, 5) is 0. The second-order valence-electron chi connectivity index (χ2n) is 4.93. The van der Waals surface area contributed by atoms with Crippen LogP contribution in [0.5, 0.6) is 0 Å². The third kappa shape index (κ3) is 2.53. The van der Waals surface area contributed by atoms with Gasteiger partial charge in [0.15, 0.2) is 5.58 Å². The normalized spacial score (nSPS) is 12.8. The van der Waals surface area contributed by atoms with E-state index in [1.165, 1.54) is 6.07 Å². The van der Waals surface area contributed by atoms with Gasteiger partial charge in [0.1, 0.15) is 17.6 Å². The first-order chi connectivity index (χ1) is 10.1. The monoisotopic (exact) mass is 304 g/mol. The number of halogens is 2. The Hall–Kier alpha value is -1.88. The van der Waals surface area contributed by atoms with Crippen LogP contribution in [0.1, 0.15) is 22.9 Å². The number of fused-ring (bicyclic) bond motifs is 1. The summed E-state index contributed by atoms with van der Waals surface area (Å²) in [6.07, 6.45) is 0. The number of furan rings is 1. The summed E-state index contributed by atoms with van der Waals surface area (Å²) < 4.78 is 19.9. The quantitative estimate of drug-likeness (QED) is 0.566. The molecule has 2 aromatic carbocycles. The van der Waals surface area contributed by atoms with Crippen LogP contribution in [-0.2, 0) is 0 Å². The number of hydrazine groups is 1. The minimum Gasteiger partial charge on any atom is -0.457 e. The maximum absolute atomic E-state index is 14.1. The third-order valence-corrected chi connectivity index (χ3v) is 3.73. The summed E-state index contributed by atoms with van der Waals surface area (Å²) in [5.41, 5.74) is 4.45. The molecular weight excluding hydrogens is 291 g/mol. The number of nitrogens with one attached hydrogen (secondary N) is 1. The number of aryl methyl sites for hydroxylation is 1. The molecule has 0 saturated carbocycles. The van der Waals surface area contributed by atoms with Gasteiger partial charge in [0.25, 0.3) is 0 Å². The van der Waals surface area contributed by atoms with Crippen molar-refractivity contribution in [2.45, 2.75) is 13.0 Å². The zero-order valence-electron chi connectivity index (χ0n) is 11.4. The molecule has 3 rings (SSSR count). The van der Waals surface area contributed by atoms with Gasteiger partial charge in [-0.3, -0.25) is 5.84 Å². The first kappa shape index (κ1) is 14.1. The first-order valence-corrected chi connectivity index (χ1v) is 6.88. The van der Waals surface area contributed by atoms with Gasteiger partial charge in [-0.15, -0.1) is 0 Å². The molecule has 0 aliphatic carbocycles. The largest absolute Gasteiger partial charge is 0.457 e. The van der Waals surface area contributed by atoms with E-state index in [0.29, 0.717) is 21.9 Å². The van der Waals surface area contributed by atoms with Gasteiger partial charge in [0.2, 0.25) is 0 Å². The summed E-state index contributed by atoms with van der Waals surface area (Å²) >= 11 is 6.10. The van der Waals surface area contributed by atoms with Crippen LogP contribution in [0.25, 0.3) is 11.0 Å². The Kier molecular flexibility index (Phi) is 3.68. The molecule has 1 atom stereocenters. The molecule has 0 fully saturated rings. The molecule has 1 heterocycles. The van der Waals surface area contributed by atoms with E-state index >= 15 is 0 Å². The molecule has 0 radical (unpaired) electrons. The fourth-order valence-electron chi connectivity index (χ4n) is 2.38. The summed E-state index contributed by atoms with van der Waals surface area (Å²) in [6, 6.07) is 11.7. The summed E-state index contributed by atoms with van der Waals surface area (Å²) in [6.45, 7) is 1.83. The molecule has 3 nitrogen and oxygen atoms in total. The molecule has 0 aliphatic rings. The Morgan fingerprint density at radius 2 is 2.05 bits per heavy atom. The van der Waals surface area contributed by atoms with E-state index in [-0.39, 0.29) is 5.82 Å². The fourth-order valence-corrected chi connectivity index (χ4v) is 2.60. The SMILES string of the molecule is Cc1ccc(C(NN)c2cc3cccc(Cl)c3o2)c(F)c1. The van der Waals surface area contributed by atoms with Crippen molar-refractivity contribution in [2.24, 2.45) is 5.84 Å². The lowest BCUT2D eigenvalue weighted by atomic mass is 10.0. The topological polar surface area (TPSA) is 51.2 Å². The van der Waals surface area contributed by atoms with Gasteiger partial charge in [-0.1, -0.05) is 35.9 Å². The molecule has 5 heteroatoms. The Bertz CT molecular complexity index is 800. The Balaban J connectivity index is 2.11. The minimum absolute atomic E-state index is 0.329. The van der Waals surface area contributed by atoms with Gasteiger partial charge in [-0.05, 0) is 30.7 Å². The van der Waals surface area contributed by atoms with Crippen LogP contribution >= 0.6 is 11.6 Å². The lowest BCUT2D eigenvalue weighted by molar-refractivity contribution is 0.462. The zero-order chi connectivity index (χ0) is 15.0. The molecule has 0 saturated heterocycles. The highest BCUT2D eigenvalue weighted by Crippen LogP contribution is 2.32. The van der Waals surface area contributed by atoms with Crippen molar-refractivity contribution in [1.82, 2.24) is 5.43 Å². The summed E-state index contributed by atoms with van der Waals surface area (Å²) in [7, 11) is 0. The lowest BCUT2D eigenvalue weighted by Gasteiger charge is -2.14. The fraction of sp³-hybridized carbons (Fsp3) is 0.125. The van der Waals surface area contributed by atoms with E-state index in [4.69, 9.17) is 21.9 Å². The number of para-hydroxylation sites is 1. The average molecular weight is 305 g/mol. The van der Waals surface area contributed by atoms with Crippen molar-refractivity contribution in [3.63, 3.8) is 0 Å². The lowest BCUT2D eigenvalue weighted by Crippen LogP contribution is -2.29. The summed E-state index contributed by atoms with van der Waals surface area (Å²) in [5.74, 6) is 5.78. The molecule has 0 bridgehead atoms. The van der Waals surface area contributed by atoms with Crippen molar-refractivity contribution in [3.05, 3.63) is 70.2 Å². The maximum atomic E-state index is 14.1. The molecule has 108 valence electrons. The van der Waals surface area contributed by atoms with Gasteiger partial charge >= 0.3 is 0 Å². The first-order valence-electron chi connectivity index (χ1n) is 6.50. The number of hydrogen-bond donors (Lipinski definition) is 2. The van der Waals surface area contributed by atoms with Gasteiger partial charge in [0, 0.05) is 10.9 Å². The van der Waals surface area contributed by atoms with E-state index in [2.05, 4.69) is 5.43 Å². The molecular formula is C16H14ClFN2O. The smallest absolute Gasteiger partial charge is 0.152 e. The van der Waals surface area contributed by atoms with Gasteiger partial charge in [-0.25, -0.2) is 9.82 Å². The number of rotatable bonds is 3. The van der Waals surface area contributed by atoms with Crippen molar-refractivity contribution in [3.8, 4) is 0 Å². The van der Waals surface area contributed by atoms with Crippen molar-refractivity contribution < 1.29 is 8.81 Å². The van der Waals surface area contributed by atoms with Crippen LogP contribution in [0.15, 0.2) is 46.9 Å². The van der Waals surface area contributed by atoms with Crippen molar-refractivity contribution in [1.29, 1.82) is 0 Å². The summed E-state index contributed by atoms with van der Waals surface area (Å²) in [5, 5.41) is 1.36. The van der Waals surface area contributed by atoms with Crippen LogP contribution in [-0.4, -0.2) is 0 Å². The van der Waals surface area contributed by atoms with Crippen LogP contribution in [0.4, 0.5) is 4.39 Å². The molecule has 0 aliphatic heterocycles. The van der Waals surface area contributed by atoms with Crippen molar-refractivity contribution >= 4 is 22.6 Å². The molecule has 0 spiro atoms. The zero-order valence-corrected chi connectivity index (χ0v) is 12.1. The number of nitrogens with two attached hydrogens (primary N) is 1. The molecule has 21 heavy (non-hydrogen) atoms. The van der Waals surface area contributed by atoms with E-state index in [1.807, 2.05) is 31.2 Å². The van der Waals surface area contributed by atoms with Crippen LogP contribution in [0.3, 0.4) is 0 Å². The number of hydrogen-bond acceptors (Lipinski definition) is 3. The van der Waals surface area contributed by atoms with Crippen LogP contribution < -0.4 is 11.3 Å². The van der Waals surface area contributed by atoms with E-state index in [0.717, 1.165) is 10.9 Å². The van der Waals surface area contributed by atoms with Crippen molar-refractivity contribution in [2.75, 3.05) is 0 Å². The van der Waals surface area contributed by atoms with E-state index in [1.54, 1.807) is 12.1 Å². The van der Waals surface area contributed by atoms with Crippen LogP contribution in [0, 0.1) is 12.7 Å². The van der Waals surface area contributed by atoms with E-state index in [9.17, 15) is 4.39 Å². The Labute approximate surface area is 126 Å². The molecule has 1 aromatic heterocycles. The molecule has 0 amide bonds. The van der Waals surface area contributed by atoms with Crippen LogP contribution in [0.2, 0.25) is 5.02 Å². The second-order valence-corrected chi connectivity index (χ2v) is 5.34.